The molecule has 0 saturated carbocycles. The summed E-state index contributed by atoms with van der Waals surface area (Å²) in [6.45, 7) is 6.94. The van der Waals surface area contributed by atoms with E-state index in [1.54, 1.807) is 6.92 Å². The summed E-state index contributed by atoms with van der Waals surface area (Å²) in [6, 6.07) is 10.3. The van der Waals surface area contributed by atoms with Gasteiger partial charge in [0.05, 0.1) is 6.04 Å². The number of carbonyl (C=O) groups is 1. The summed E-state index contributed by atoms with van der Waals surface area (Å²) in [4.78, 5) is 14.1. The zero-order valence-corrected chi connectivity index (χ0v) is 12.4. The van der Waals surface area contributed by atoms with E-state index in [0.717, 1.165) is 26.1 Å². The average molecular weight is 275 g/mol. The second kappa shape index (κ2) is 6.86. The van der Waals surface area contributed by atoms with Crippen LogP contribution in [-0.2, 0) is 11.3 Å². The van der Waals surface area contributed by atoms with Crippen molar-refractivity contribution in [3.63, 3.8) is 0 Å². The molecule has 1 aliphatic heterocycles. The Morgan fingerprint density at radius 2 is 2.15 bits per heavy atom. The molecule has 3 N–H and O–H groups in total. The fraction of sp³-hybridized carbons (Fsp3) is 0.562. The van der Waals surface area contributed by atoms with Crippen molar-refractivity contribution in [2.45, 2.75) is 38.9 Å². The van der Waals surface area contributed by atoms with E-state index in [1.807, 2.05) is 6.07 Å². The molecule has 0 aliphatic carbocycles. The van der Waals surface area contributed by atoms with Crippen molar-refractivity contribution < 1.29 is 4.79 Å². The standard InChI is InChI=1S/C16H25N3O/c1-12-10-19(11-14-6-4-3-5-7-14)9-8-15(12)18-16(20)13(2)17/h3-7,12-13,15H,8-11,17H2,1-2H3,(H,18,20)/t12?,13-,15?/m1/s1. The number of benzene rings is 1. The minimum atomic E-state index is -0.426. The van der Waals surface area contributed by atoms with Gasteiger partial charge in [-0.25, -0.2) is 0 Å². The van der Waals surface area contributed by atoms with Crippen molar-refractivity contribution in [2.75, 3.05) is 13.1 Å². The number of amides is 1. The number of hydrogen-bond donors (Lipinski definition) is 2. The van der Waals surface area contributed by atoms with Crippen molar-refractivity contribution in [1.82, 2.24) is 10.2 Å². The summed E-state index contributed by atoms with van der Waals surface area (Å²) in [5.74, 6) is 0.411. The van der Waals surface area contributed by atoms with E-state index < -0.39 is 6.04 Å². The lowest BCUT2D eigenvalue weighted by Crippen LogP contribution is -2.52. The van der Waals surface area contributed by atoms with E-state index in [0.29, 0.717) is 5.92 Å². The first-order valence-corrected chi connectivity index (χ1v) is 7.38. The molecule has 0 spiro atoms. The van der Waals surface area contributed by atoms with Crippen molar-refractivity contribution in [3.8, 4) is 0 Å². The molecule has 4 nitrogen and oxygen atoms in total. The van der Waals surface area contributed by atoms with E-state index >= 15 is 0 Å². The van der Waals surface area contributed by atoms with Crippen molar-refractivity contribution in [1.29, 1.82) is 0 Å². The van der Waals surface area contributed by atoms with E-state index in [1.165, 1.54) is 5.56 Å². The Kier molecular flexibility index (Phi) is 5.15. The van der Waals surface area contributed by atoms with Gasteiger partial charge in [-0.05, 0) is 24.8 Å². The molecule has 20 heavy (non-hydrogen) atoms. The van der Waals surface area contributed by atoms with Gasteiger partial charge in [0, 0.05) is 25.7 Å². The lowest BCUT2D eigenvalue weighted by atomic mass is 9.93. The lowest BCUT2D eigenvalue weighted by molar-refractivity contribution is -0.123. The van der Waals surface area contributed by atoms with Crippen LogP contribution in [0.4, 0.5) is 0 Å². The quantitative estimate of drug-likeness (QED) is 0.872. The fourth-order valence-corrected chi connectivity index (χ4v) is 2.75. The van der Waals surface area contributed by atoms with Crippen LogP contribution >= 0.6 is 0 Å². The number of hydrogen-bond acceptors (Lipinski definition) is 3. The second-order valence-electron chi connectivity index (χ2n) is 5.89. The Morgan fingerprint density at radius 1 is 1.45 bits per heavy atom. The number of carbonyl (C=O) groups excluding carboxylic acids is 1. The molecule has 1 aromatic rings. The Balaban J connectivity index is 1.84. The maximum Gasteiger partial charge on any atom is 0.236 e. The molecular weight excluding hydrogens is 250 g/mol. The molecule has 1 heterocycles. The molecular formula is C16H25N3O. The SMILES string of the molecule is CC1CN(Cc2ccccc2)CCC1NC(=O)[C@@H](C)N. The van der Waals surface area contributed by atoms with Gasteiger partial charge in [-0.3, -0.25) is 9.69 Å². The molecule has 2 unspecified atom stereocenters. The molecule has 1 saturated heterocycles. The van der Waals surface area contributed by atoms with Crippen LogP contribution < -0.4 is 11.1 Å². The molecule has 0 radical (unpaired) electrons. The van der Waals surface area contributed by atoms with Gasteiger partial charge in [-0.15, -0.1) is 0 Å². The summed E-state index contributed by atoms with van der Waals surface area (Å²) >= 11 is 0. The van der Waals surface area contributed by atoms with Crippen LogP contribution in [0.5, 0.6) is 0 Å². The average Bonchev–Trinajstić information content (AvgIpc) is 2.42. The van der Waals surface area contributed by atoms with Gasteiger partial charge in [-0.1, -0.05) is 37.3 Å². The minimum absolute atomic E-state index is 0.0432. The summed E-state index contributed by atoms with van der Waals surface area (Å²) < 4.78 is 0. The van der Waals surface area contributed by atoms with Gasteiger partial charge >= 0.3 is 0 Å². The highest BCUT2D eigenvalue weighted by atomic mass is 16.2. The van der Waals surface area contributed by atoms with E-state index in [4.69, 9.17) is 5.73 Å². The number of nitrogens with zero attached hydrogens (tertiary/aromatic N) is 1. The molecule has 1 aliphatic rings. The normalized spacial score (nSPS) is 25.1. The predicted octanol–water partition coefficient (Wildman–Crippen LogP) is 1.36. The predicted molar refractivity (Wildman–Crippen MR) is 81.1 cm³/mol. The Labute approximate surface area is 121 Å². The molecule has 3 atom stereocenters. The van der Waals surface area contributed by atoms with Gasteiger partial charge in [0.15, 0.2) is 0 Å². The summed E-state index contributed by atoms with van der Waals surface area (Å²) in [5.41, 5.74) is 6.95. The second-order valence-corrected chi connectivity index (χ2v) is 5.89. The van der Waals surface area contributed by atoms with Crippen LogP contribution in [0.15, 0.2) is 30.3 Å². The first kappa shape index (κ1) is 15.0. The molecule has 0 aromatic heterocycles. The molecule has 0 bridgehead atoms. The first-order valence-electron chi connectivity index (χ1n) is 7.38. The number of nitrogens with two attached hydrogens (primary N) is 1. The largest absolute Gasteiger partial charge is 0.352 e. The van der Waals surface area contributed by atoms with Crippen LogP contribution in [-0.4, -0.2) is 36.0 Å². The zero-order valence-electron chi connectivity index (χ0n) is 12.4. The van der Waals surface area contributed by atoms with Crippen LogP contribution in [0.1, 0.15) is 25.8 Å². The molecule has 1 fully saturated rings. The smallest absolute Gasteiger partial charge is 0.236 e. The Hall–Kier alpha value is -1.39. The zero-order chi connectivity index (χ0) is 14.5. The summed E-state index contributed by atoms with van der Waals surface area (Å²) in [5, 5.41) is 3.06. The van der Waals surface area contributed by atoms with E-state index in [2.05, 4.69) is 41.4 Å². The van der Waals surface area contributed by atoms with Crippen LogP contribution in [0.3, 0.4) is 0 Å². The van der Waals surface area contributed by atoms with Crippen LogP contribution in [0, 0.1) is 5.92 Å². The van der Waals surface area contributed by atoms with Gasteiger partial charge in [0.1, 0.15) is 0 Å². The highest BCUT2D eigenvalue weighted by molar-refractivity contribution is 5.81. The minimum Gasteiger partial charge on any atom is -0.352 e. The Morgan fingerprint density at radius 3 is 2.75 bits per heavy atom. The van der Waals surface area contributed by atoms with Crippen molar-refractivity contribution in [3.05, 3.63) is 35.9 Å². The summed E-state index contributed by atoms with van der Waals surface area (Å²) in [6.07, 6.45) is 0.993. The lowest BCUT2D eigenvalue weighted by Gasteiger charge is -2.37. The molecule has 1 aromatic carbocycles. The van der Waals surface area contributed by atoms with Gasteiger partial charge in [-0.2, -0.15) is 0 Å². The maximum absolute atomic E-state index is 11.7. The van der Waals surface area contributed by atoms with E-state index in [9.17, 15) is 4.79 Å². The summed E-state index contributed by atoms with van der Waals surface area (Å²) in [7, 11) is 0. The third-order valence-corrected chi connectivity index (χ3v) is 3.98. The highest BCUT2D eigenvalue weighted by Crippen LogP contribution is 2.19. The Bertz CT molecular complexity index is 433. The van der Waals surface area contributed by atoms with Gasteiger partial charge < -0.3 is 11.1 Å². The third kappa shape index (κ3) is 4.05. The van der Waals surface area contributed by atoms with Crippen molar-refractivity contribution in [2.24, 2.45) is 11.7 Å². The first-order chi connectivity index (χ1) is 9.56. The number of nitrogens with one attached hydrogen (secondary N) is 1. The van der Waals surface area contributed by atoms with Crippen LogP contribution in [0.25, 0.3) is 0 Å². The molecule has 2 rings (SSSR count). The highest BCUT2D eigenvalue weighted by Gasteiger charge is 2.27. The topological polar surface area (TPSA) is 58.4 Å². The maximum atomic E-state index is 11.7. The number of likely N-dealkylation sites (tertiary alicyclic amines) is 1. The van der Waals surface area contributed by atoms with Gasteiger partial charge in [0.2, 0.25) is 5.91 Å². The molecule has 110 valence electrons. The van der Waals surface area contributed by atoms with Gasteiger partial charge in [0.25, 0.3) is 0 Å². The number of piperidine rings is 1. The third-order valence-electron chi connectivity index (χ3n) is 3.98. The monoisotopic (exact) mass is 275 g/mol. The molecule has 1 amide bonds. The number of rotatable bonds is 4. The van der Waals surface area contributed by atoms with Crippen LogP contribution in [0.2, 0.25) is 0 Å². The molecule has 4 heteroatoms. The van der Waals surface area contributed by atoms with E-state index in [-0.39, 0.29) is 11.9 Å². The van der Waals surface area contributed by atoms with Crippen molar-refractivity contribution >= 4 is 5.91 Å². The fourth-order valence-electron chi connectivity index (χ4n) is 2.75.